The van der Waals surface area contributed by atoms with Gasteiger partial charge in [-0.2, -0.15) is 4.98 Å². The quantitative estimate of drug-likeness (QED) is 0.862. The number of carbonyl (C=O) groups excluding carboxylic acids is 1. The summed E-state index contributed by atoms with van der Waals surface area (Å²) in [4.78, 5) is 18.1. The molecule has 0 amide bonds. The average Bonchev–Trinajstić information content (AvgIpc) is 3.14. The molecule has 0 saturated heterocycles. The SMILES string of the molecule is CSc1nc2n(n1)[C@H](c1cccs1)C1=C(CCCC1=O)N2. The van der Waals surface area contributed by atoms with Crippen LogP contribution in [0.3, 0.4) is 0 Å². The van der Waals surface area contributed by atoms with Crippen molar-refractivity contribution in [3.8, 4) is 0 Å². The minimum Gasteiger partial charge on any atom is -0.328 e. The van der Waals surface area contributed by atoms with Gasteiger partial charge in [0, 0.05) is 22.6 Å². The Morgan fingerprint density at radius 2 is 2.38 bits per heavy atom. The van der Waals surface area contributed by atoms with Gasteiger partial charge < -0.3 is 5.32 Å². The van der Waals surface area contributed by atoms with Crippen molar-refractivity contribution in [1.82, 2.24) is 14.8 Å². The maximum absolute atomic E-state index is 12.5. The monoisotopic (exact) mass is 318 g/mol. The number of hydrogen-bond acceptors (Lipinski definition) is 6. The van der Waals surface area contributed by atoms with Gasteiger partial charge in [0.05, 0.1) is 0 Å². The standard InChI is InChI=1S/C14H14N4OS2/c1-20-14-16-13-15-8-4-2-5-9(19)11(8)12(18(13)17-14)10-6-3-7-21-10/h3,6-7,12H,2,4-5H2,1H3,(H,15,16,17)/t12-/m1/s1. The van der Waals surface area contributed by atoms with E-state index in [4.69, 9.17) is 0 Å². The van der Waals surface area contributed by atoms with Gasteiger partial charge in [-0.3, -0.25) is 4.79 Å². The molecule has 2 aliphatic rings. The molecule has 7 heteroatoms. The van der Waals surface area contributed by atoms with Gasteiger partial charge >= 0.3 is 0 Å². The summed E-state index contributed by atoms with van der Waals surface area (Å²) in [5.41, 5.74) is 1.89. The predicted octanol–water partition coefficient (Wildman–Crippen LogP) is 3.08. The molecule has 1 aliphatic carbocycles. The summed E-state index contributed by atoms with van der Waals surface area (Å²) in [6.07, 6.45) is 4.40. The second-order valence-electron chi connectivity index (χ2n) is 5.08. The van der Waals surface area contributed by atoms with Gasteiger partial charge in [0.15, 0.2) is 5.78 Å². The van der Waals surface area contributed by atoms with Gasteiger partial charge in [-0.1, -0.05) is 17.8 Å². The van der Waals surface area contributed by atoms with Crippen molar-refractivity contribution >= 4 is 34.8 Å². The van der Waals surface area contributed by atoms with Crippen molar-refractivity contribution in [3.63, 3.8) is 0 Å². The number of thioether (sulfide) groups is 1. The van der Waals surface area contributed by atoms with E-state index in [1.807, 2.05) is 22.4 Å². The number of rotatable bonds is 2. The van der Waals surface area contributed by atoms with Gasteiger partial charge in [-0.15, -0.1) is 16.4 Å². The Hall–Kier alpha value is -1.60. The molecule has 0 aromatic carbocycles. The van der Waals surface area contributed by atoms with Crippen LogP contribution in [0.15, 0.2) is 33.9 Å². The van der Waals surface area contributed by atoms with Crippen LogP contribution in [-0.2, 0) is 4.79 Å². The molecule has 4 rings (SSSR count). The summed E-state index contributed by atoms with van der Waals surface area (Å²) in [6, 6.07) is 3.96. The summed E-state index contributed by atoms with van der Waals surface area (Å²) in [5, 5.41) is 10.6. The molecule has 1 aliphatic heterocycles. The van der Waals surface area contributed by atoms with E-state index in [-0.39, 0.29) is 11.8 Å². The number of allylic oxidation sites excluding steroid dienone is 2. The van der Waals surface area contributed by atoms with Gasteiger partial charge in [0.1, 0.15) is 6.04 Å². The van der Waals surface area contributed by atoms with E-state index in [2.05, 4.69) is 21.5 Å². The Bertz CT molecular complexity index is 732. The van der Waals surface area contributed by atoms with E-state index in [0.717, 1.165) is 40.1 Å². The molecule has 0 unspecified atom stereocenters. The van der Waals surface area contributed by atoms with E-state index in [0.29, 0.717) is 6.42 Å². The van der Waals surface area contributed by atoms with E-state index in [9.17, 15) is 4.79 Å². The van der Waals surface area contributed by atoms with E-state index in [1.165, 1.54) is 11.8 Å². The first-order valence-corrected chi connectivity index (χ1v) is 8.95. The average molecular weight is 318 g/mol. The molecule has 0 bridgehead atoms. The Kier molecular flexibility index (Phi) is 3.11. The van der Waals surface area contributed by atoms with Gasteiger partial charge in [0.2, 0.25) is 11.1 Å². The lowest BCUT2D eigenvalue weighted by Crippen LogP contribution is -2.31. The highest BCUT2D eigenvalue weighted by atomic mass is 32.2. The fourth-order valence-corrected chi connectivity index (χ4v) is 4.10. The predicted molar refractivity (Wildman–Crippen MR) is 83.8 cm³/mol. The number of thiophene rings is 1. The minimum absolute atomic E-state index is 0.127. The maximum atomic E-state index is 12.5. The zero-order valence-electron chi connectivity index (χ0n) is 11.5. The van der Waals surface area contributed by atoms with Crippen molar-refractivity contribution in [3.05, 3.63) is 33.7 Å². The Balaban J connectivity index is 1.91. The minimum atomic E-state index is -0.127. The summed E-state index contributed by atoms with van der Waals surface area (Å²) in [5.74, 6) is 0.972. The van der Waals surface area contributed by atoms with Crippen LogP contribution in [0.1, 0.15) is 30.2 Å². The van der Waals surface area contributed by atoms with Crippen LogP contribution in [0.4, 0.5) is 5.95 Å². The molecule has 5 nitrogen and oxygen atoms in total. The lowest BCUT2D eigenvalue weighted by Gasteiger charge is -2.31. The summed E-state index contributed by atoms with van der Waals surface area (Å²) < 4.78 is 1.86. The molecule has 21 heavy (non-hydrogen) atoms. The fourth-order valence-electron chi connectivity index (χ4n) is 2.93. The molecule has 1 atom stereocenters. The Morgan fingerprint density at radius 1 is 1.48 bits per heavy atom. The number of aromatic nitrogens is 3. The highest BCUT2D eigenvalue weighted by molar-refractivity contribution is 7.98. The van der Waals surface area contributed by atoms with Crippen molar-refractivity contribution in [2.75, 3.05) is 11.6 Å². The molecule has 1 N–H and O–H groups in total. The van der Waals surface area contributed by atoms with Gasteiger partial charge in [-0.25, -0.2) is 4.68 Å². The van der Waals surface area contributed by atoms with Gasteiger partial charge in [-0.05, 0) is 30.5 Å². The third-order valence-electron chi connectivity index (χ3n) is 3.84. The van der Waals surface area contributed by atoms with E-state index < -0.39 is 0 Å². The molecule has 0 radical (unpaired) electrons. The first-order chi connectivity index (χ1) is 10.3. The maximum Gasteiger partial charge on any atom is 0.227 e. The first kappa shape index (κ1) is 13.1. The molecule has 108 valence electrons. The zero-order valence-corrected chi connectivity index (χ0v) is 13.1. The van der Waals surface area contributed by atoms with Crippen LogP contribution < -0.4 is 5.32 Å². The molecular weight excluding hydrogens is 304 g/mol. The second-order valence-corrected chi connectivity index (χ2v) is 6.83. The highest BCUT2D eigenvalue weighted by Crippen LogP contribution is 2.41. The van der Waals surface area contributed by atoms with Crippen LogP contribution in [0.2, 0.25) is 0 Å². The Labute approximate surface area is 130 Å². The van der Waals surface area contributed by atoms with Crippen molar-refractivity contribution in [2.45, 2.75) is 30.5 Å². The largest absolute Gasteiger partial charge is 0.328 e. The molecule has 0 saturated carbocycles. The number of nitrogens with one attached hydrogen (secondary N) is 1. The lowest BCUT2D eigenvalue weighted by atomic mass is 9.88. The molecule has 0 spiro atoms. The number of carbonyl (C=O) groups is 1. The molecule has 2 aromatic heterocycles. The van der Waals surface area contributed by atoms with Crippen molar-refractivity contribution in [1.29, 1.82) is 0 Å². The summed E-state index contributed by atoms with van der Waals surface area (Å²) in [7, 11) is 0. The molecule has 2 aromatic rings. The fraction of sp³-hybridized carbons (Fsp3) is 0.357. The van der Waals surface area contributed by atoms with Crippen LogP contribution >= 0.6 is 23.1 Å². The molecule has 3 heterocycles. The number of Topliss-reactive ketones (excluding diaryl/α,β-unsaturated/α-hetero) is 1. The summed E-state index contributed by atoms with van der Waals surface area (Å²) >= 11 is 3.17. The molecular formula is C14H14N4OS2. The van der Waals surface area contributed by atoms with E-state index >= 15 is 0 Å². The van der Waals surface area contributed by atoms with Crippen LogP contribution in [0.5, 0.6) is 0 Å². The van der Waals surface area contributed by atoms with E-state index in [1.54, 1.807) is 11.3 Å². The smallest absolute Gasteiger partial charge is 0.227 e. The lowest BCUT2D eigenvalue weighted by molar-refractivity contribution is -0.116. The third kappa shape index (κ3) is 2.03. The summed E-state index contributed by atoms with van der Waals surface area (Å²) in [6.45, 7) is 0. The number of nitrogens with zero attached hydrogens (tertiary/aromatic N) is 3. The zero-order chi connectivity index (χ0) is 14.4. The third-order valence-corrected chi connectivity index (χ3v) is 5.31. The number of ketones is 1. The normalized spacial score (nSPS) is 21.0. The van der Waals surface area contributed by atoms with Crippen LogP contribution in [0.25, 0.3) is 0 Å². The Morgan fingerprint density at radius 3 is 3.14 bits per heavy atom. The van der Waals surface area contributed by atoms with Crippen molar-refractivity contribution in [2.24, 2.45) is 0 Å². The number of fused-ring (bicyclic) bond motifs is 1. The topological polar surface area (TPSA) is 59.8 Å². The number of hydrogen-bond donors (Lipinski definition) is 1. The molecule has 0 fully saturated rings. The highest BCUT2D eigenvalue weighted by Gasteiger charge is 2.37. The second kappa shape index (κ2) is 4.99. The first-order valence-electron chi connectivity index (χ1n) is 6.85. The number of anilines is 1. The van der Waals surface area contributed by atoms with Crippen LogP contribution in [0, 0.1) is 0 Å². The van der Waals surface area contributed by atoms with Crippen molar-refractivity contribution < 1.29 is 4.79 Å². The van der Waals surface area contributed by atoms with Crippen LogP contribution in [-0.4, -0.2) is 26.8 Å². The van der Waals surface area contributed by atoms with Gasteiger partial charge in [0.25, 0.3) is 0 Å².